The van der Waals surface area contributed by atoms with Crippen LogP contribution in [0, 0.1) is 11.3 Å². The molecule has 1 unspecified atom stereocenters. The molecule has 0 saturated carbocycles. The molecule has 0 aromatic carbocycles. The summed E-state index contributed by atoms with van der Waals surface area (Å²) < 4.78 is 4.64. The molecule has 1 rings (SSSR count). The van der Waals surface area contributed by atoms with Crippen molar-refractivity contribution in [3.05, 3.63) is 0 Å². The summed E-state index contributed by atoms with van der Waals surface area (Å²) in [5.74, 6) is -0.364. The maximum Gasteiger partial charge on any atom is 0.290 e. The predicted octanol–water partition coefficient (Wildman–Crippen LogP) is -0.146. The Bertz CT molecular complexity index is 192. The van der Waals surface area contributed by atoms with Crippen molar-refractivity contribution < 1.29 is 9.53 Å². The number of carbonyl (C=O) groups is 1. The van der Waals surface area contributed by atoms with Crippen LogP contribution >= 0.6 is 0 Å². The molecule has 0 aromatic rings. The average molecular weight is 124 g/mol. The van der Waals surface area contributed by atoms with Crippen molar-refractivity contribution in [1.82, 2.24) is 0 Å². The summed E-state index contributed by atoms with van der Waals surface area (Å²) in [4.78, 5) is 13.8. The second kappa shape index (κ2) is 2.27. The van der Waals surface area contributed by atoms with Gasteiger partial charge < -0.3 is 4.74 Å². The van der Waals surface area contributed by atoms with Crippen LogP contribution in [0.5, 0.6) is 0 Å². The fourth-order valence-electron chi connectivity index (χ4n) is 0.516. The fourth-order valence-corrected chi connectivity index (χ4v) is 0.516. The molecule has 4 nitrogen and oxygen atoms in total. The molecule has 9 heavy (non-hydrogen) atoms. The smallest absolute Gasteiger partial charge is 0.290 e. The lowest BCUT2D eigenvalue weighted by atomic mass is 10.3. The normalized spacial score (nSPS) is 23.4. The number of aliphatic imine (C=N–C) groups is 1. The van der Waals surface area contributed by atoms with E-state index in [1.807, 2.05) is 6.07 Å². The van der Waals surface area contributed by atoms with Gasteiger partial charge in [-0.15, -0.1) is 0 Å². The maximum atomic E-state index is 10.5. The molecule has 0 N–H and O–H groups in total. The van der Waals surface area contributed by atoms with E-state index in [1.54, 1.807) is 0 Å². The summed E-state index contributed by atoms with van der Waals surface area (Å²) in [5.41, 5.74) is 0. The number of ether oxygens (including phenoxy) is 1. The number of nitriles is 1. The van der Waals surface area contributed by atoms with Crippen molar-refractivity contribution in [2.75, 3.05) is 0 Å². The Morgan fingerprint density at radius 1 is 2.00 bits per heavy atom. The van der Waals surface area contributed by atoms with Gasteiger partial charge in [-0.25, -0.2) is 0 Å². The third-order valence-electron chi connectivity index (χ3n) is 0.957. The average Bonchev–Trinajstić information content (AvgIpc) is 2.18. The largest absolute Gasteiger partial charge is 0.469 e. The lowest BCUT2D eigenvalue weighted by Gasteiger charge is -1.97. The Balaban J connectivity index is 2.48. The molecule has 1 aliphatic rings. The summed E-state index contributed by atoms with van der Waals surface area (Å²) in [5, 5.41) is 8.11. The Hall–Kier alpha value is -1.37. The summed E-state index contributed by atoms with van der Waals surface area (Å²) >= 11 is 0. The molecule has 0 saturated heterocycles. The summed E-state index contributed by atoms with van der Waals surface area (Å²) in [6.07, 6.45) is 0.512. The topological polar surface area (TPSA) is 62.4 Å². The van der Waals surface area contributed by atoms with E-state index in [2.05, 4.69) is 9.73 Å². The quantitative estimate of drug-likeness (QED) is 0.488. The van der Waals surface area contributed by atoms with Gasteiger partial charge in [-0.05, 0) is 0 Å². The first-order chi connectivity index (χ1) is 4.34. The van der Waals surface area contributed by atoms with Crippen molar-refractivity contribution >= 4 is 12.3 Å². The summed E-state index contributed by atoms with van der Waals surface area (Å²) in [6.45, 7) is 0. The third-order valence-corrected chi connectivity index (χ3v) is 0.957. The van der Waals surface area contributed by atoms with Crippen LogP contribution in [-0.4, -0.2) is 18.4 Å². The lowest BCUT2D eigenvalue weighted by molar-refractivity contribution is -0.122. The van der Waals surface area contributed by atoms with E-state index < -0.39 is 6.10 Å². The second-order valence-corrected chi connectivity index (χ2v) is 1.56. The first kappa shape index (κ1) is 5.76. The van der Waals surface area contributed by atoms with E-state index in [1.165, 1.54) is 0 Å². The zero-order valence-corrected chi connectivity index (χ0v) is 4.57. The van der Waals surface area contributed by atoms with Gasteiger partial charge in [0.05, 0.1) is 12.5 Å². The monoisotopic (exact) mass is 124 g/mol. The van der Waals surface area contributed by atoms with Crippen LogP contribution in [0.3, 0.4) is 0 Å². The van der Waals surface area contributed by atoms with Gasteiger partial charge in [0.1, 0.15) is 0 Å². The minimum absolute atomic E-state index is 0.0822. The molecule has 0 radical (unpaired) electrons. The first-order valence-electron chi connectivity index (χ1n) is 2.43. The van der Waals surface area contributed by atoms with E-state index >= 15 is 0 Å². The van der Waals surface area contributed by atoms with Crippen molar-refractivity contribution in [3.63, 3.8) is 0 Å². The Morgan fingerprint density at radius 2 is 2.78 bits per heavy atom. The highest BCUT2D eigenvalue weighted by molar-refractivity contribution is 5.91. The SMILES string of the molecule is N#CCC1OC=NC1=O. The second-order valence-electron chi connectivity index (χ2n) is 1.56. The van der Waals surface area contributed by atoms with E-state index in [-0.39, 0.29) is 12.3 Å². The van der Waals surface area contributed by atoms with Gasteiger partial charge in [0.15, 0.2) is 12.5 Å². The van der Waals surface area contributed by atoms with Gasteiger partial charge in [-0.3, -0.25) is 4.79 Å². The highest BCUT2D eigenvalue weighted by atomic mass is 16.5. The molecular formula is C5H4N2O2. The van der Waals surface area contributed by atoms with Crippen LogP contribution in [0.25, 0.3) is 0 Å². The van der Waals surface area contributed by atoms with Gasteiger partial charge in [-0.2, -0.15) is 10.3 Å². The van der Waals surface area contributed by atoms with Crippen molar-refractivity contribution in [1.29, 1.82) is 5.26 Å². The van der Waals surface area contributed by atoms with Crippen LogP contribution in [0.1, 0.15) is 6.42 Å². The number of rotatable bonds is 1. The molecule has 0 fully saturated rings. The Labute approximate surface area is 51.8 Å². The summed E-state index contributed by atoms with van der Waals surface area (Å²) in [6, 6.07) is 1.81. The molecule has 1 heterocycles. The summed E-state index contributed by atoms with van der Waals surface area (Å²) in [7, 11) is 0. The van der Waals surface area contributed by atoms with Crippen molar-refractivity contribution in [2.45, 2.75) is 12.5 Å². The predicted molar refractivity (Wildman–Crippen MR) is 28.6 cm³/mol. The van der Waals surface area contributed by atoms with E-state index in [0.717, 1.165) is 6.40 Å². The van der Waals surface area contributed by atoms with E-state index in [0.29, 0.717) is 0 Å². The van der Waals surface area contributed by atoms with Gasteiger partial charge in [-0.1, -0.05) is 0 Å². The first-order valence-corrected chi connectivity index (χ1v) is 2.43. The number of hydrogen-bond donors (Lipinski definition) is 0. The molecule has 0 aromatic heterocycles. The number of nitrogens with zero attached hydrogens (tertiary/aromatic N) is 2. The highest BCUT2D eigenvalue weighted by Crippen LogP contribution is 2.03. The number of carbonyl (C=O) groups excluding carboxylic acids is 1. The minimum Gasteiger partial charge on any atom is -0.469 e. The Kier molecular flexibility index (Phi) is 1.45. The number of amides is 1. The minimum atomic E-state index is -0.644. The maximum absolute atomic E-state index is 10.5. The molecule has 0 aliphatic carbocycles. The molecule has 0 bridgehead atoms. The zero-order valence-electron chi connectivity index (χ0n) is 4.57. The molecule has 46 valence electrons. The Morgan fingerprint density at radius 3 is 3.22 bits per heavy atom. The zero-order chi connectivity index (χ0) is 6.69. The van der Waals surface area contributed by atoms with Gasteiger partial charge in [0, 0.05) is 0 Å². The van der Waals surface area contributed by atoms with Crippen LogP contribution in [0.15, 0.2) is 4.99 Å². The molecule has 1 atom stereocenters. The number of hydrogen-bond acceptors (Lipinski definition) is 3. The third kappa shape index (κ3) is 1.05. The van der Waals surface area contributed by atoms with E-state index in [4.69, 9.17) is 5.26 Å². The van der Waals surface area contributed by atoms with Crippen molar-refractivity contribution in [2.24, 2.45) is 4.99 Å². The fraction of sp³-hybridized carbons (Fsp3) is 0.400. The van der Waals surface area contributed by atoms with Gasteiger partial charge >= 0.3 is 0 Å². The molecule has 4 heteroatoms. The van der Waals surface area contributed by atoms with Gasteiger partial charge in [0.25, 0.3) is 5.91 Å². The van der Waals surface area contributed by atoms with Crippen molar-refractivity contribution in [3.8, 4) is 6.07 Å². The standard InChI is InChI=1S/C5H4N2O2/c6-2-1-4-5(8)7-3-9-4/h3-4H,1H2. The lowest BCUT2D eigenvalue weighted by Crippen LogP contribution is -2.14. The van der Waals surface area contributed by atoms with Gasteiger partial charge in [0.2, 0.25) is 0 Å². The molecular weight excluding hydrogens is 120 g/mol. The van der Waals surface area contributed by atoms with Crippen LogP contribution < -0.4 is 0 Å². The molecule has 1 amide bonds. The molecule has 1 aliphatic heterocycles. The van der Waals surface area contributed by atoms with Crippen LogP contribution in [-0.2, 0) is 9.53 Å². The molecule has 0 spiro atoms. The van der Waals surface area contributed by atoms with Crippen LogP contribution in [0.2, 0.25) is 0 Å². The highest BCUT2D eigenvalue weighted by Gasteiger charge is 2.21. The van der Waals surface area contributed by atoms with E-state index in [9.17, 15) is 4.79 Å². The van der Waals surface area contributed by atoms with Crippen LogP contribution in [0.4, 0.5) is 0 Å².